The maximum Gasteiger partial charge on any atom is 0.00239 e. The van der Waals surface area contributed by atoms with Crippen LogP contribution in [-0.2, 0) is 0 Å². The van der Waals surface area contributed by atoms with Crippen molar-refractivity contribution in [1.29, 1.82) is 0 Å². The fourth-order valence-corrected chi connectivity index (χ4v) is 2.37. The van der Waals surface area contributed by atoms with Crippen molar-refractivity contribution in [2.75, 3.05) is 19.6 Å². The van der Waals surface area contributed by atoms with Gasteiger partial charge >= 0.3 is 0 Å². The molecule has 2 atom stereocenters. The van der Waals surface area contributed by atoms with Crippen molar-refractivity contribution < 1.29 is 0 Å². The Hall–Kier alpha value is -0.860. The standard InChI is InChI=1S/C13H20N2/c1-9-3-4-11(5-10(9)2)13-8-15-7-12(13)6-14/h3-5,12-13,15H,6-8,14H2,1-2H3. The molecule has 2 rings (SSSR count). The predicted molar refractivity (Wildman–Crippen MR) is 64.1 cm³/mol. The van der Waals surface area contributed by atoms with Crippen LogP contribution in [0.25, 0.3) is 0 Å². The van der Waals surface area contributed by atoms with Gasteiger partial charge in [-0.2, -0.15) is 0 Å². The lowest BCUT2D eigenvalue weighted by Gasteiger charge is -2.18. The van der Waals surface area contributed by atoms with Crippen molar-refractivity contribution in [3.05, 3.63) is 34.9 Å². The van der Waals surface area contributed by atoms with Crippen LogP contribution in [0.4, 0.5) is 0 Å². The van der Waals surface area contributed by atoms with Gasteiger partial charge in [-0.05, 0) is 49.5 Å². The number of aryl methyl sites for hydroxylation is 2. The highest BCUT2D eigenvalue weighted by Gasteiger charge is 2.27. The zero-order valence-corrected chi connectivity index (χ0v) is 9.59. The Kier molecular flexibility index (Phi) is 3.08. The summed E-state index contributed by atoms with van der Waals surface area (Å²) in [6.07, 6.45) is 0. The fraction of sp³-hybridized carbons (Fsp3) is 0.538. The number of benzene rings is 1. The molecule has 1 aliphatic rings. The highest BCUT2D eigenvalue weighted by atomic mass is 14.9. The first-order valence-corrected chi connectivity index (χ1v) is 5.70. The summed E-state index contributed by atoms with van der Waals surface area (Å²) >= 11 is 0. The molecule has 2 heteroatoms. The quantitative estimate of drug-likeness (QED) is 0.767. The van der Waals surface area contributed by atoms with E-state index in [0.717, 1.165) is 19.6 Å². The Morgan fingerprint density at radius 2 is 2.07 bits per heavy atom. The highest BCUT2D eigenvalue weighted by Crippen LogP contribution is 2.28. The minimum Gasteiger partial charge on any atom is -0.330 e. The summed E-state index contributed by atoms with van der Waals surface area (Å²) in [5, 5.41) is 3.43. The van der Waals surface area contributed by atoms with Crippen molar-refractivity contribution in [2.45, 2.75) is 19.8 Å². The summed E-state index contributed by atoms with van der Waals surface area (Å²) in [7, 11) is 0. The maximum absolute atomic E-state index is 5.79. The molecule has 0 amide bonds. The lowest BCUT2D eigenvalue weighted by atomic mass is 9.87. The first-order chi connectivity index (χ1) is 7.22. The van der Waals surface area contributed by atoms with Crippen LogP contribution in [0.3, 0.4) is 0 Å². The van der Waals surface area contributed by atoms with E-state index in [0.29, 0.717) is 11.8 Å². The maximum atomic E-state index is 5.79. The van der Waals surface area contributed by atoms with Gasteiger partial charge < -0.3 is 11.1 Å². The number of nitrogens with two attached hydrogens (primary N) is 1. The van der Waals surface area contributed by atoms with Gasteiger partial charge in [-0.3, -0.25) is 0 Å². The van der Waals surface area contributed by atoms with Crippen molar-refractivity contribution in [3.63, 3.8) is 0 Å². The van der Waals surface area contributed by atoms with Crippen molar-refractivity contribution in [2.24, 2.45) is 11.7 Å². The summed E-state index contributed by atoms with van der Waals surface area (Å²) in [5.41, 5.74) is 9.99. The van der Waals surface area contributed by atoms with Crippen LogP contribution in [-0.4, -0.2) is 19.6 Å². The van der Waals surface area contributed by atoms with Crippen LogP contribution >= 0.6 is 0 Å². The third kappa shape index (κ3) is 2.06. The average molecular weight is 204 g/mol. The molecule has 1 heterocycles. The van der Waals surface area contributed by atoms with Gasteiger partial charge in [0.15, 0.2) is 0 Å². The van der Waals surface area contributed by atoms with E-state index in [-0.39, 0.29) is 0 Å². The third-order valence-corrected chi connectivity index (χ3v) is 3.60. The van der Waals surface area contributed by atoms with E-state index < -0.39 is 0 Å². The number of rotatable bonds is 2. The van der Waals surface area contributed by atoms with E-state index in [9.17, 15) is 0 Å². The highest BCUT2D eigenvalue weighted by molar-refractivity contribution is 5.33. The number of hydrogen-bond acceptors (Lipinski definition) is 2. The smallest absolute Gasteiger partial charge is 0.00239 e. The lowest BCUT2D eigenvalue weighted by Crippen LogP contribution is -2.21. The molecular weight excluding hydrogens is 184 g/mol. The Morgan fingerprint density at radius 3 is 2.73 bits per heavy atom. The first kappa shape index (κ1) is 10.7. The molecule has 1 aliphatic heterocycles. The Balaban J connectivity index is 2.25. The molecule has 1 fully saturated rings. The van der Waals surface area contributed by atoms with Crippen molar-refractivity contribution in [3.8, 4) is 0 Å². The molecule has 0 spiro atoms. The second kappa shape index (κ2) is 4.33. The molecule has 2 unspecified atom stereocenters. The molecule has 0 saturated carbocycles. The number of nitrogens with one attached hydrogen (secondary N) is 1. The minimum absolute atomic E-state index is 0.604. The van der Waals surface area contributed by atoms with E-state index in [4.69, 9.17) is 5.73 Å². The second-order valence-electron chi connectivity index (χ2n) is 4.60. The molecule has 3 N–H and O–H groups in total. The molecule has 82 valence electrons. The van der Waals surface area contributed by atoms with Gasteiger partial charge in [-0.1, -0.05) is 18.2 Å². The second-order valence-corrected chi connectivity index (χ2v) is 4.60. The molecule has 1 saturated heterocycles. The topological polar surface area (TPSA) is 38.0 Å². The lowest BCUT2D eigenvalue weighted by molar-refractivity contribution is 0.530. The van der Waals surface area contributed by atoms with Crippen molar-refractivity contribution >= 4 is 0 Å². The predicted octanol–water partition coefficient (Wildman–Crippen LogP) is 1.57. The Labute approximate surface area is 91.9 Å². The van der Waals surface area contributed by atoms with E-state index in [2.05, 4.69) is 37.4 Å². The SMILES string of the molecule is Cc1ccc(C2CNCC2CN)cc1C. The summed E-state index contributed by atoms with van der Waals surface area (Å²) < 4.78 is 0. The normalized spacial score (nSPS) is 25.8. The van der Waals surface area contributed by atoms with Gasteiger partial charge in [-0.25, -0.2) is 0 Å². The van der Waals surface area contributed by atoms with Crippen molar-refractivity contribution in [1.82, 2.24) is 5.32 Å². The first-order valence-electron chi connectivity index (χ1n) is 5.70. The molecule has 0 aromatic heterocycles. The molecular formula is C13H20N2. The van der Waals surface area contributed by atoms with Crippen LogP contribution in [0.5, 0.6) is 0 Å². The van der Waals surface area contributed by atoms with Crippen LogP contribution in [0.1, 0.15) is 22.6 Å². The fourth-order valence-electron chi connectivity index (χ4n) is 2.37. The summed E-state index contributed by atoms with van der Waals surface area (Å²) in [4.78, 5) is 0. The molecule has 15 heavy (non-hydrogen) atoms. The number of hydrogen-bond donors (Lipinski definition) is 2. The van der Waals surface area contributed by atoms with Gasteiger partial charge in [0, 0.05) is 12.5 Å². The van der Waals surface area contributed by atoms with Crippen LogP contribution in [0.15, 0.2) is 18.2 Å². The Bertz CT molecular complexity index is 346. The Morgan fingerprint density at radius 1 is 1.27 bits per heavy atom. The van der Waals surface area contributed by atoms with Gasteiger partial charge in [0.2, 0.25) is 0 Å². The molecule has 0 bridgehead atoms. The average Bonchev–Trinajstić information content (AvgIpc) is 2.70. The van der Waals surface area contributed by atoms with E-state index in [1.54, 1.807) is 0 Å². The van der Waals surface area contributed by atoms with Gasteiger partial charge in [0.1, 0.15) is 0 Å². The van der Waals surface area contributed by atoms with Crippen LogP contribution in [0, 0.1) is 19.8 Å². The molecule has 0 aliphatic carbocycles. The van der Waals surface area contributed by atoms with Crippen LogP contribution in [0.2, 0.25) is 0 Å². The van der Waals surface area contributed by atoms with Gasteiger partial charge in [-0.15, -0.1) is 0 Å². The summed E-state index contributed by atoms with van der Waals surface area (Å²) in [5.74, 6) is 1.21. The monoisotopic (exact) mass is 204 g/mol. The molecule has 1 aromatic rings. The van der Waals surface area contributed by atoms with Gasteiger partial charge in [0.05, 0.1) is 0 Å². The summed E-state index contributed by atoms with van der Waals surface area (Å²) in [6, 6.07) is 6.79. The zero-order valence-electron chi connectivity index (χ0n) is 9.59. The van der Waals surface area contributed by atoms with Gasteiger partial charge in [0.25, 0.3) is 0 Å². The third-order valence-electron chi connectivity index (χ3n) is 3.60. The molecule has 1 aromatic carbocycles. The summed E-state index contributed by atoms with van der Waals surface area (Å²) in [6.45, 7) is 7.26. The van der Waals surface area contributed by atoms with Crippen LogP contribution < -0.4 is 11.1 Å². The minimum atomic E-state index is 0.604. The molecule has 2 nitrogen and oxygen atoms in total. The van der Waals surface area contributed by atoms with E-state index in [1.165, 1.54) is 16.7 Å². The van der Waals surface area contributed by atoms with E-state index in [1.807, 2.05) is 0 Å². The molecule has 0 radical (unpaired) electrons. The van der Waals surface area contributed by atoms with E-state index >= 15 is 0 Å². The largest absolute Gasteiger partial charge is 0.330 e. The zero-order chi connectivity index (χ0) is 10.8.